The monoisotopic (exact) mass is 239 g/mol. The van der Waals surface area contributed by atoms with E-state index in [9.17, 15) is 0 Å². The molecule has 0 saturated heterocycles. The van der Waals surface area contributed by atoms with Gasteiger partial charge in [0.15, 0.2) is 0 Å². The molecule has 1 rings (SSSR count). The Bertz CT molecular complexity index is 313. The fraction of sp³-hybridized carbons (Fsp3) is 0.538. The fourth-order valence-corrected chi connectivity index (χ4v) is 1.79. The Hall–Kier alpha value is -1.26. The molecule has 4 heteroatoms. The van der Waals surface area contributed by atoms with Crippen LogP contribution in [0.3, 0.4) is 0 Å². The molecule has 4 nitrogen and oxygen atoms in total. The summed E-state index contributed by atoms with van der Waals surface area (Å²) in [7, 11) is 3.26. The van der Waals surface area contributed by atoms with Gasteiger partial charge in [-0.3, -0.25) is 0 Å². The topological polar surface area (TPSA) is 50.7 Å². The summed E-state index contributed by atoms with van der Waals surface area (Å²) in [6, 6.07) is 5.89. The second-order valence-electron chi connectivity index (χ2n) is 3.77. The molecule has 1 aromatic rings. The summed E-state index contributed by atoms with van der Waals surface area (Å²) in [5.41, 5.74) is 1.07. The largest absolute Gasteiger partial charge is 0.497 e. The molecule has 0 aliphatic carbocycles. The zero-order valence-corrected chi connectivity index (χ0v) is 10.7. The number of aliphatic hydroxyl groups is 1. The zero-order chi connectivity index (χ0) is 12.7. The second kappa shape index (κ2) is 7.14. The number of hydrogen-bond acceptors (Lipinski definition) is 4. The molecule has 0 saturated carbocycles. The SMILES string of the molecule is CCNC(CCO)c1cc(OC)cc(OC)c1. The molecule has 0 fully saturated rings. The van der Waals surface area contributed by atoms with Gasteiger partial charge < -0.3 is 19.9 Å². The Labute approximate surface area is 103 Å². The van der Waals surface area contributed by atoms with Gasteiger partial charge in [-0.1, -0.05) is 6.92 Å². The molecular formula is C13H21NO3. The lowest BCUT2D eigenvalue weighted by atomic mass is 10.0. The van der Waals surface area contributed by atoms with E-state index in [2.05, 4.69) is 5.32 Å². The predicted molar refractivity (Wildman–Crippen MR) is 67.7 cm³/mol. The molecule has 0 heterocycles. The highest BCUT2D eigenvalue weighted by atomic mass is 16.5. The van der Waals surface area contributed by atoms with Crippen molar-refractivity contribution in [3.05, 3.63) is 23.8 Å². The van der Waals surface area contributed by atoms with Gasteiger partial charge in [-0.2, -0.15) is 0 Å². The van der Waals surface area contributed by atoms with E-state index in [0.29, 0.717) is 6.42 Å². The summed E-state index contributed by atoms with van der Waals surface area (Å²) < 4.78 is 10.5. The van der Waals surface area contributed by atoms with E-state index in [1.165, 1.54) is 0 Å². The third kappa shape index (κ3) is 3.91. The van der Waals surface area contributed by atoms with Crippen molar-refractivity contribution in [3.8, 4) is 11.5 Å². The lowest BCUT2D eigenvalue weighted by Gasteiger charge is -2.18. The van der Waals surface area contributed by atoms with E-state index in [0.717, 1.165) is 23.6 Å². The third-order valence-corrected chi connectivity index (χ3v) is 2.64. The molecule has 0 radical (unpaired) electrons. The average Bonchev–Trinajstić information content (AvgIpc) is 2.37. The molecule has 0 bridgehead atoms. The third-order valence-electron chi connectivity index (χ3n) is 2.64. The first kappa shape index (κ1) is 13.8. The Balaban J connectivity index is 2.99. The fourth-order valence-electron chi connectivity index (χ4n) is 1.79. The van der Waals surface area contributed by atoms with E-state index in [4.69, 9.17) is 14.6 Å². The van der Waals surface area contributed by atoms with Gasteiger partial charge in [0.2, 0.25) is 0 Å². The molecule has 0 aliphatic rings. The normalized spacial score (nSPS) is 12.2. The molecule has 1 aromatic carbocycles. The number of hydrogen-bond donors (Lipinski definition) is 2. The van der Waals surface area contributed by atoms with Gasteiger partial charge in [0, 0.05) is 18.7 Å². The molecule has 1 unspecified atom stereocenters. The van der Waals surface area contributed by atoms with Gasteiger partial charge in [-0.05, 0) is 30.7 Å². The van der Waals surface area contributed by atoms with Crippen LogP contribution in [-0.2, 0) is 0 Å². The Kier molecular flexibility index (Phi) is 5.80. The summed E-state index contributed by atoms with van der Waals surface area (Å²) in [5.74, 6) is 1.53. The van der Waals surface area contributed by atoms with E-state index in [1.807, 2.05) is 25.1 Å². The van der Waals surface area contributed by atoms with Gasteiger partial charge in [-0.25, -0.2) is 0 Å². The Morgan fingerprint density at radius 2 is 1.76 bits per heavy atom. The van der Waals surface area contributed by atoms with Crippen LogP contribution in [0.15, 0.2) is 18.2 Å². The van der Waals surface area contributed by atoms with Crippen LogP contribution >= 0.6 is 0 Å². The molecule has 17 heavy (non-hydrogen) atoms. The molecule has 0 spiro atoms. The minimum absolute atomic E-state index is 0.119. The van der Waals surface area contributed by atoms with Crippen molar-refractivity contribution in [1.82, 2.24) is 5.32 Å². The maximum Gasteiger partial charge on any atom is 0.122 e. The molecular weight excluding hydrogens is 218 g/mol. The first-order chi connectivity index (χ1) is 8.24. The van der Waals surface area contributed by atoms with Crippen LogP contribution in [0.5, 0.6) is 11.5 Å². The van der Waals surface area contributed by atoms with Crippen LogP contribution in [0.2, 0.25) is 0 Å². The Morgan fingerprint density at radius 3 is 2.18 bits per heavy atom. The highest BCUT2D eigenvalue weighted by molar-refractivity contribution is 5.39. The van der Waals surface area contributed by atoms with Crippen LogP contribution in [0.25, 0.3) is 0 Å². The average molecular weight is 239 g/mol. The van der Waals surface area contributed by atoms with Crippen molar-refractivity contribution in [2.24, 2.45) is 0 Å². The number of nitrogens with one attached hydrogen (secondary N) is 1. The van der Waals surface area contributed by atoms with Crippen molar-refractivity contribution in [1.29, 1.82) is 0 Å². The van der Waals surface area contributed by atoms with Crippen molar-refractivity contribution in [3.63, 3.8) is 0 Å². The first-order valence-corrected chi connectivity index (χ1v) is 5.82. The smallest absolute Gasteiger partial charge is 0.122 e. The highest BCUT2D eigenvalue weighted by Gasteiger charge is 2.12. The molecule has 0 aromatic heterocycles. The first-order valence-electron chi connectivity index (χ1n) is 5.82. The summed E-state index contributed by atoms with van der Waals surface area (Å²) in [6.45, 7) is 3.04. The van der Waals surface area contributed by atoms with Crippen molar-refractivity contribution >= 4 is 0 Å². The molecule has 0 aliphatic heterocycles. The van der Waals surface area contributed by atoms with Crippen LogP contribution in [0.4, 0.5) is 0 Å². The summed E-state index contributed by atoms with van der Waals surface area (Å²) in [5, 5.41) is 12.4. The molecule has 1 atom stereocenters. The number of benzene rings is 1. The van der Waals surface area contributed by atoms with E-state index < -0.39 is 0 Å². The van der Waals surface area contributed by atoms with Gasteiger partial charge in [0.05, 0.1) is 14.2 Å². The maximum absolute atomic E-state index is 9.08. The van der Waals surface area contributed by atoms with Crippen LogP contribution in [0.1, 0.15) is 24.9 Å². The zero-order valence-electron chi connectivity index (χ0n) is 10.7. The molecule has 0 amide bonds. The van der Waals surface area contributed by atoms with Crippen molar-refractivity contribution in [2.75, 3.05) is 27.4 Å². The quantitative estimate of drug-likeness (QED) is 0.761. The Morgan fingerprint density at radius 1 is 1.18 bits per heavy atom. The minimum atomic E-state index is 0.119. The highest BCUT2D eigenvalue weighted by Crippen LogP contribution is 2.27. The van der Waals surface area contributed by atoms with Gasteiger partial charge >= 0.3 is 0 Å². The minimum Gasteiger partial charge on any atom is -0.497 e. The summed E-state index contributed by atoms with van der Waals surface area (Å²) >= 11 is 0. The maximum atomic E-state index is 9.08. The second-order valence-corrected chi connectivity index (χ2v) is 3.77. The predicted octanol–water partition coefficient (Wildman–Crippen LogP) is 1.74. The standard InChI is InChI=1S/C13H21NO3/c1-4-14-13(5-6-15)10-7-11(16-2)9-12(8-10)17-3/h7-9,13-15H,4-6H2,1-3H3. The van der Waals surface area contributed by atoms with Crippen LogP contribution < -0.4 is 14.8 Å². The van der Waals surface area contributed by atoms with Gasteiger partial charge in [0.1, 0.15) is 11.5 Å². The lowest BCUT2D eigenvalue weighted by Crippen LogP contribution is -2.22. The molecule has 96 valence electrons. The van der Waals surface area contributed by atoms with Crippen LogP contribution in [-0.4, -0.2) is 32.5 Å². The number of methoxy groups -OCH3 is 2. The van der Waals surface area contributed by atoms with E-state index in [1.54, 1.807) is 14.2 Å². The summed E-state index contributed by atoms with van der Waals surface area (Å²) in [6.07, 6.45) is 0.671. The van der Waals surface area contributed by atoms with Crippen molar-refractivity contribution in [2.45, 2.75) is 19.4 Å². The number of aliphatic hydroxyl groups excluding tert-OH is 1. The lowest BCUT2D eigenvalue weighted by molar-refractivity contribution is 0.266. The summed E-state index contributed by atoms with van der Waals surface area (Å²) in [4.78, 5) is 0. The number of ether oxygens (including phenoxy) is 2. The van der Waals surface area contributed by atoms with Crippen LogP contribution in [0, 0.1) is 0 Å². The van der Waals surface area contributed by atoms with E-state index >= 15 is 0 Å². The van der Waals surface area contributed by atoms with E-state index in [-0.39, 0.29) is 12.6 Å². The van der Waals surface area contributed by atoms with Gasteiger partial charge in [-0.15, -0.1) is 0 Å². The number of rotatable bonds is 7. The van der Waals surface area contributed by atoms with Gasteiger partial charge in [0.25, 0.3) is 0 Å². The molecule has 2 N–H and O–H groups in total. The van der Waals surface area contributed by atoms with Crippen molar-refractivity contribution < 1.29 is 14.6 Å².